The lowest BCUT2D eigenvalue weighted by molar-refractivity contribution is 0.279. The summed E-state index contributed by atoms with van der Waals surface area (Å²) in [6.45, 7) is 4.80. The van der Waals surface area contributed by atoms with Crippen LogP contribution in [0.15, 0.2) is 40.2 Å². The maximum atomic E-state index is 12.6. The molecule has 1 heterocycles. The number of nitrogens with one attached hydrogen (secondary N) is 1. The van der Waals surface area contributed by atoms with E-state index in [1.807, 2.05) is 6.07 Å². The third-order valence-corrected chi connectivity index (χ3v) is 6.72. The van der Waals surface area contributed by atoms with Crippen LogP contribution in [0.5, 0.6) is 0 Å². The standard InChI is InChI=1S/C19H32N4O2S.HI/c1-2-3-4-8-13-21-19(20)22-16-17-11-14-23(15-12-17)26(24,25)18-9-6-5-7-10-18;/h5-7,9-10,17H,2-4,8,11-16H2,1H3,(H3,20,21,22);1H. The van der Waals surface area contributed by atoms with Crippen molar-refractivity contribution in [1.82, 2.24) is 9.62 Å². The Bertz CT molecular complexity index is 660. The predicted octanol–water partition coefficient (Wildman–Crippen LogP) is 3.19. The van der Waals surface area contributed by atoms with Crippen LogP contribution in [0.2, 0.25) is 0 Å². The van der Waals surface area contributed by atoms with E-state index in [1.165, 1.54) is 19.3 Å². The van der Waals surface area contributed by atoms with Gasteiger partial charge >= 0.3 is 0 Å². The maximum Gasteiger partial charge on any atom is 0.243 e. The second-order valence-corrected chi connectivity index (χ2v) is 8.81. The number of hydrogen-bond acceptors (Lipinski definition) is 3. The van der Waals surface area contributed by atoms with Crippen molar-refractivity contribution in [3.8, 4) is 0 Å². The van der Waals surface area contributed by atoms with Crippen LogP contribution in [0.4, 0.5) is 0 Å². The van der Waals surface area contributed by atoms with Gasteiger partial charge in [-0.05, 0) is 37.3 Å². The number of sulfonamides is 1. The fourth-order valence-corrected chi connectivity index (χ4v) is 4.62. The molecule has 154 valence electrons. The number of rotatable bonds is 9. The largest absolute Gasteiger partial charge is 0.370 e. The molecule has 0 amide bonds. The van der Waals surface area contributed by atoms with E-state index >= 15 is 0 Å². The summed E-state index contributed by atoms with van der Waals surface area (Å²) in [5.74, 6) is 0.887. The maximum absolute atomic E-state index is 12.6. The molecule has 1 fully saturated rings. The molecule has 0 spiro atoms. The summed E-state index contributed by atoms with van der Waals surface area (Å²) in [6, 6.07) is 8.64. The van der Waals surface area contributed by atoms with Crippen molar-refractivity contribution in [2.75, 3.05) is 26.2 Å². The molecular formula is C19H33IN4O2S. The number of nitrogens with zero attached hydrogens (tertiary/aromatic N) is 2. The van der Waals surface area contributed by atoms with Crippen molar-refractivity contribution < 1.29 is 8.42 Å². The first kappa shape index (κ1) is 24.2. The van der Waals surface area contributed by atoms with Crippen LogP contribution in [-0.2, 0) is 10.0 Å². The zero-order chi connectivity index (χ0) is 18.8. The normalized spacial score (nSPS) is 16.7. The predicted molar refractivity (Wildman–Crippen MR) is 122 cm³/mol. The van der Waals surface area contributed by atoms with Gasteiger partial charge in [-0.25, -0.2) is 8.42 Å². The molecule has 3 N–H and O–H groups in total. The highest BCUT2D eigenvalue weighted by Gasteiger charge is 2.29. The Hall–Kier alpha value is -0.870. The Morgan fingerprint density at radius 2 is 1.85 bits per heavy atom. The lowest BCUT2D eigenvalue weighted by atomic mass is 9.98. The van der Waals surface area contributed by atoms with Gasteiger partial charge in [0.15, 0.2) is 5.96 Å². The van der Waals surface area contributed by atoms with Gasteiger partial charge in [-0.15, -0.1) is 24.0 Å². The van der Waals surface area contributed by atoms with E-state index in [4.69, 9.17) is 5.73 Å². The fraction of sp³-hybridized carbons (Fsp3) is 0.632. The molecule has 0 unspecified atom stereocenters. The minimum absolute atomic E-state index is 0. The van der Waals surface area contributed by atoms with Crippen LogP contribution >= 0.6 is 24.0 Å². The Kier molecular flexibility index (Phi) is 11.2. The highest BCUT2D eigenvalue weighted by atomic mass is 127. The molecule has 1 saturated heterocycles. The van der Waals surface area contributed by atoms with E-state index in [0.29, 0.717) is 36.4 Å². The van der Waals surface area contributed by atoms with Crippen LogP contribution in [0.3, 0.4) is 0 Å². The average Bonchev–Trinajstić information content (AvgIpc) is 2.67. The summed E-state index contributed by atoms with van der Waals surface area (Å²) >= 11 is 0. The van der Waals surface area contributed by atoms with E-state index in [9.17, 15) is 8.42 Å². The Morgan fingerprint density at radius 3 is 2.48 bits per heavy atom. The van der Waals surface area contributed by atoms with Crippen molar-refractivity contribution in [3.05, 3.63) is 30.3 Å². The topological polar surface area (TPSA) is 87.8 Å². The molecule has 8 heteroatoms. The minimum atomic E-state index is -3.38. The van der Waals surface area contributed by atoms with Crippen LogP contribution < -0.4 is 11.1 Å². The highest BCUT2D eigenvalue weighted by Crippen LogP contribution is 2.23. The first-order valence-electron chi connectivity index (χ1n) is 9.63. The highest BCUT2D eigenvalue weighted by molar-refractivity contribution is 14.0. The summed E-state index contributed by atoms with van der Waals surface area (Å²) < 4.78 is 26.8. The molecule has 1 aliphatic heterocycles. The number of benzene rings is 1. The molecule has 1 aromatic rings. The molecule has 1 aliphatic rings. The first-order chi connectivity index (χ1) is 12.5. The number of guanidine groups is 1. The molecule has 0 atom stereocenters. The number of hydrogen-bond donors (Lipinski definition) is 2. The monoisotopic (exact) mass is 508 g/mol. The number of nitrogens with two attached hydrogens (primary N) is 1. The Labute approximate surface area is 181 Å². The molecule has 6 nitrogen and oxygen atoms in total. The van der Waals surface area contributed by atoms with Gasteiger partial charge in [0.05, 0.1) is 4.90 Å². The summed E-state index contributed by atoms with van der Waals surface area (Å²) in [5, 5.41) is 3.16. The number of unbranched alkanes of at least 4 members (excludes halogenated alkanes) is 3. The van der Waals surface area contributed by atoms with Crippen molar-refractivity contribution in [3.63, 3.8) is 0 Å². The van der Waals surface area contributed by atoms with Crippen LogP contribution in [0, 0.1) is 5.92 Å². The Balaban J connectivity index is 0.00000364. The van der Waals surface area contributed by atoms with Gasteiger partial charge in [0.2, 0.25) is 10.0 Å². The molecule has 0 aliphatic carbocycles. The third-order valence-electron chi connectivity index (χ3n) is 4.81. The SMILES string of the molecule is CCCCCCNC(N)=NCC1CCN(S(=O)(=O)c2ccccc2)CC1.I. The minimum Gasteiger partial charge on any atom is -0.370 e. The summed E-state index contributed by atoms with van der Waals surface area (Å²) in [7, 11) is -3.38. The molecule has 0 radical (unpaired) electrons. The van der Waals surface area contributed by atoms with Gasteiger partial charge in [0.25, 0.3) is 0 Å². The third kappa shape index (κ3) is 7.95. The van der Waals surface area contributed by atoms with Crippen LogP contribution in [0.1, 0.15) is 45.4 Å². The van der Waals surface area contributed by atoms with E-state index in [-0.39, 0.29) is 24.0 Å². The van der Waals surface area contributed by atoms with Gasteiger partial charge in [0.1, 0.15) is 0 Å². The summed E-state index contributed by atoms with van der Waals surface area (Å²) in [4.78, 5) is 4.79. The second kappa shape index (κ2) is 12.6. The average molecular weight is 508 g/mol. The van der Waals surface area contributed by atoms with Gasteiger partial charge in [0, 0.05) is 26.2 Å². The van der Waals surface area contributed by atoms with E-state index in [0.717, 1.165) is 25.8 Å². The number of piperidine rings is 1. The van der Waals surface area contributed by atoms with Crippen molar-refractivity contribution in [1.29, 1.82) is 0 Å². The Morgan fingerprint density at radius 1 is 1.19 bits per heavy atom. The van der Waals surface area contributed by atoms with Crippen molar-refractivity contribution in [2.45, 2.75) is 50.3 Å². The molecule has 0 aromatic heterocycles. The molecule has 1 aromatic carbocycles. The van der Waals surface area contributed by atoms with Gasteiger partial charge in [-0.1, -0.05) is 44.4 Å². The smallest absolute Gasteiger partial charge is 0.243 e. The summed E-state index contributed by atoms with van der Waals surface area (Å²) in [5.41, 5.74) is 5.91. The quantitative estimate of drug-likeness (QED) is 0.232. The first-order valence-corrected chi connectivity index (χ1v) is 11.1. The lowest BCUT2D eigenvalue weighted by Crippen LogP contribution is -2.39. The van der Waals surface area contributed by atoms with Crippen molar-refractivity contribution in [2.24, 2.45) is 16.6 Å². The number of halogens is 1. The van der Waals surface area contributed by atoms with Gasteiger partial charge in [-0.2, -0.15) is 4.31 Å². The van der Waals surface area contributed by atoms with Crippen LogP contribution in [-0.4, -0.2) is 44.9 Å². The molecular weight excluding hydrogens is 475 g/mol. The van der Waals surface area contributed by atoms with Crippen LogP contribution in [0.25, 0.3) is 0 Å². The lowest BCUT2D eigenvalue weighted by Gasteiger charge is -2.30. The van der Waals surface area contributed by atoms with E-state index in [2.05, 4.69) is 17.2 Å². The summed E-state index contributed by atoms with van der Waals surface area (Å²) in [6.07, 6.45) is 6.44. The zero-order valence-electron chi connectivity index (χ0n) is 16.1. The van der Waals surface area contributed by atoms with Gasteiger partial charge < -0.3 is 11.1 Å². The molecule has 0 bridgehead atoms. The van der Waals surface area contributed by atoms with Crippen molar-refractivity contribution >= 4 is 40.0 Å². The molecule has 27 heavy (non-hydrogen) atoms. The molecule has 2 rings (SSSR count). The van der Waals surface area contributed by atoms with E-state index < -0.39 is 10.0 Å². The van der Waals surface area contributed by atoms with E-state index in [1.54, 1.807) is 28.6 Å². The second-order valence-electron chi connectivity index (χ2n) is 6.87. The number of aliphatic imine (C=N–C) groups is 1. The fourth-order valence-electron chi connectivity index (χ4n) is 3.13. The molecule has 0 saturated carbocycles. The zero-order valence-corrected chi connectivity index (χ0v) is 19.3. The van der Waals surface area contributed by atoms with Gasteiger partial charge in [-0.3, -0.25) is 4.99 Å².